The lowest BCUT2D eigenvalue weighted by Gasteiger charge is -2.25. The molecule has 17 nitrogen and oxygen atoms in total. The van der Waals surface area contributed by atoms with Gasteiger partial charge in [-0.15, -0.1) is 0 Å². The number of nitrogens with zero attached hydrogens (tertiary/aromatic N) is 1. The van der Waals surface area contributed by atoms with Gasteiger partial charge in [0.2, 0.25) is 29.5 Å². The Morgan fingerprint density at radius 2 is 1.43 bits per heavy atom. The fourth-order valence-corrected chi connectivity index (χ4v) is 6.27. The van der Waals surface area contributed by atoms with Crippen LogP contribution in [0.15, 0.2) is 77.3 Å². The molecular weight excluding hydrogens is 707 g/mol. The zero-order valence-corrected chi connectivity index (χ0v) is 30.4. The quantitative estimate of drug-likeness (QED) is 0.0280. The van der Waals surface area contributed by atoms with E-state index in [2.05, 4.69) is 26.3 Å². The second-order valence-corrected chi connectivity index (χ2v) is 13.9. The first kappa shape index (κ1) is 42.3. The number of nitrogens with two attached hydrogens (primary N) is 3. The Bertz CT molecular complexity index is 1670. The average Bonchev–Trinajstić information content (AvgIpc) is 3.56. The first-order chi connectivity index (χ1) is 25.1. The molecule has 1 aliphatic rings. The summed E-state index contributed by atoms with van der Waals surface area (Å²) in [7, 11) is -5.00. The van der Waals surface area contributed by atoms with E-state index >= 15 is 0 Å². The fraction of sp³-hybridized carbons (Fsp3) is 0.429. The number of nitrogens with one attached hydrogen (secondary N) is 4. The van der Waals surface area contributed by atoms with Crippen LogP contribution in [0.5, 0.6) is 0 Å². The lowest BCUT2D eigenvalue weighted by molar-refractivity contribution is -0.131. The summed E-state index contributed by atoms with van der Waals surface area (Å²) in [5, 5.41) is 10.8. The van der Waals surface area contributed by atoms with Gasteiger partial charge in [-0.2, -0.15) is 0 Å². The van der Waals surface area contributed by atoms with Crippen LogP contribution in [0.4, 0.5) is 0 Å². The van der Waals surface area contributed by atoms with E-state index in [0.29, 0.717) is 36.8 Å². The normalized spacial score (nSPS) is 17.1. The number of benzene rings is 2. The van der Waals surface area contributed by atoms with Crippen LogP contribution in [0.1, 0.15) is 50.2 Å². The molecule has 2 aromatic rings. The number of hydrogen-bond acceptors (Lipinski definition) is 8. The molecule has 0 saturated heterocycles. The third kappa shape index (κ3) is 15.6. The highest BCUT2D eigenvalue weighted by atomic mass is 31.2. The number of phosphoric acid groups is 1. The van der Waals surface area contributed by atoms with E-state index in [-0.39, 0.29) is 31.8 Å². The summed E-state index contributed by atoms with van der Waals surface area (Å²) in [6.45, 7) is 0.833. The highest BCUT2D eigenvalue weighted by Gasteiger charge is 2.33. The molecule has 1 aliphatic carbocycles. The molecule has 0 radical (unpaired) electrons. The smallest absolute Gasteiger partial charge is 0.370 e. The van der Waals surface area contributed by atoms with Gasteiger partial charge in [0, 0.05) is 26.3 Å². The van der Waals surface area contributed by atoms with E-state index in [1.54, 1.807) is 54.6 Å². The van der Waals surface area contributed by atoms with Crippen LogP contribution in [0.2, 0.25) is 0 Å². The van der Waals surface area contributed by atoms with Gasteiger partial charge in [-0.3, -0.25) is 33.5 Å². The van der Waals surface area contributed by atoms with E-state index in [0.717, 1.165) is 5.56 Å². The summed E-state index contributed by atoms with van der Waals surface area (Å²) < 4.78 is 16.5. The summed E-state index contributed by atoms with van der Waals surface area (Å²) in [4.78, 5) is 88.0. The number of primary amides is 1. The molecule has 0 aromatic heterocycles. The highest BCUT2D eigenvalue weighted by molar-refractivity contribution is 7.46. The Kier molecular flexibility index (Phi) is 16.6. The van der Waals surface area contributed by atoms with Crippen molar-refractivity contribution in [2.45, 2.75) is 76.0 Å². The molecule has 53 heavy (non-hydrogen) atoms. The maximum absolute atomic E-state index is 14.0. The van der Waals surface area contributed by atoms with E-state index in [1.165, 1.54) is 13.0 Å². The number of rotatable bonds is 20. The van der Waals surface area contributed by atoms with Crippen molar-refractivity contribution in [1.29, 1.82) is 0 Å². The fourth-order valence-electron chi connectivity index (χ4n) is 5.92. The van der Waals surface area contributed by atoms with Crippen molar-refractivity contribution in [3.05, 3.63) is 83.4 Å². The first-order valence-electron chi connectivity index (χ1n) is 17.1. The molecule has 0 bridgehead atoms. The van der Waals surface area contributed by atoms with Crippen LogP contribution < -0.4 is 38.5 Å². The predicted molar refractivity (Wildman–Crippen MR) is 196 cm³/mol. The zero-order valence-electron chi connectivity index (χ0n) is 29.5. The molecule has 1 saturated carbocycles. The van der Waals surface area contributed by atoms with Crippen molar-refractivity contribution in [1.82, 2.24) is 21.3 Å². The minimum absolute atomic E-state index is 0.0297. The zero-order chi connectivity index (χ0) is 39.0. The number of amides is 5. The minimum atomic E-state index is -5.00. The van der Waals surface area contributed by atoms with E-state index in [4.69, 9.17) is 21.7 Å². The molecule has 288 valence electrons. The van der Waals surface area contributed by atoms with Crippen LogP contribution in [0.3, 0.4) is 0 Å². The molecule has 5 atom stereocenters. The third-order valence-electron chi connectivity index (χ3n) is 8.38. The van der Waals surface area contributed by atoms with Gasteiger partial charge in [-0.25, -0.2) is 4.57 Å². The molecule has 0 aliphatic heterocycles. The molecule has 18 heteroatoms. The number of hydrogen-bond donors (Lipinski definition) is 9. The molecule has 2 aromatic carbocycles. The molecule has 0 spiro atoms. The second-order valence-electron chi connectivity index (χ2n) is 12.7. The van der Waals surface area contributed by atoms with Gasteiger partial charge >= 0.3 is 7.82 Å². The number of guanidine groups is 1. The minimum Gasteiger partial charge on any atom is -0.370 e. The summed E-state index contributed by atoms with van der Waals surface area (Å²) >= 11 is 0. The Labute approximate surface area is 307 Å². The topological polar surface area (TPSA) is 291 Å². The van der Waals surface area contributed by atoms with Gasteiger partial charge in [-0.05, 0) is 43.2 Å². The number of carbonyl (C=O) groups is 5. The molecule has 5 amide bonds. The largest absolute Gasteiger partial charge is 0.469 e. The van der Waals surface area contributed by atoms with Gasteiger partial charge < -0.3 is 48.3 Å². The summed E-state index contributed by atoms with van der Waals surface area (Å²) in [5.74, 6) is -3.87. The Morgan fingerprint density at radius 3 is 1.96 bits per heavy atom. The van der Waals surface area contributed by atoms with Gasteiger partial charge in [0.1, 0.15) is 18.1 Å². The number of aliphatic imine (C=N–C) groups is 1. The Balaban J connectivity index is 1.85. The van der Waals surface area contributed by atoms with E-state index in [9.17, 15) is 38.3 Å². The Morgan fingerprint density at radius 1 is 0.868 bits per heavy atom. The summed E-state index contributed by atoms with van der Waals surface area (Å²) in [5.41, 5.74) is 18.2. The summed E-state index contributed by atoms with van der Waals surface area (Å²) in [6, 6.07) is 13.5. The standard InChI is InChI=1S/C35H49N8O9P/c1-22(44)40-29(18-23-10-4-2-5-11-23)34(48)43-30(19-24-12-6-3-7-13-24)33(47)41-26(21-52-53(49,50)51)20-25-14-8-15-27(25)32(46)42-28(31(36)45)16-9-17-39-35(37)38/h2-7,10-13,20,26-30H,8-9,14-19,21H2,1H3,(H2,36,45)(H,40,44)(H,41,47)(H,42,46)(H,43,48)(H4,37,38,39)(H2,49,50,51)/b25-20+/t26-,27-,28+,29+,30+/m1/s1. The predicted octanol–water partition coefficient (Wildman–Crippen LogP) is -0.194. The van der Waals surface area contributed by atoms with Crippen molar-refractivity contribution in [3.63, 3.8) is 0 Å². The van der Waals surface area contributed by atoms with Crippen molar-refractivity contribution in [2.24, 2.45) is 28.1 Å². The maximum Gasteiger partial charge on any atom is 0.469 e. The summed E-state index contributed by atoms with van der Waals surface area (Å²) in [6.07, 6.45) is 3.61. The molecule has 1 fully saturated rings. The Hall–Kier alpha value is -5.09. The van der Waals surface area contributed by atoms with Crippen LogP contribution in [0.25, 0.3) is 0 Å². The van der Waals surface area contributed by atoms with Crippen molar-refractivity contribution in [3.8, 4) is 0 Å². The maximum atomic E-state index is 14.0. The molecule has 0 unspecified atom stereocenters. The van der Waals surface area contributed by atoms with Gasteiger partial charge in [-0.1, -0.05) is 72.3 Å². The second kappa shape index (κ2) is 20.8. The van der Waals surface area contributed by atoms with Crippen LogP contribution in [-0.4, -0.2) is 82.6 Å². The third-order valence-corrected chi connectivity index (χ3v) is 8.87. The SMILES string of the molecule is CC(=O)N[C@@H](Cc1ccccc1)C(=O)N[C@@H](Cc1ccccc1)C(=O)N[C@H](/C=C1\CCC[C@H]1C(=O)N[C@@H](CCCN=C(N)N)C(N)=O)COP(=O)(O)O. The average molecular weight is 757 g/mol. The van der Waals surface area contributed by atoms with Crippen LogP contribution in [-0.2, 0) is 45.9 Å². The monoisotopic (exact) mass is 756 g/mol. The molecule has 3 rings (SSSR count). The van der Waals surface area contributed by atoms with Crippen molar-refractivity contribution in [2.75, 3.05) is 13.2 Å². The van der Waals surface area contributed by atoms with Crippen molar-refractivity contribution < 1.29 is 42.8 Å². The van der Waals surface area contributed by atoms with Gasteiger partial charge in [0.05, 0.1) is 18.6 Å². The van der Waals surface area contributed by atoms with Crippen LogP contribution >= 0.6 is 7.82 Å². The molecule has 0 heterocycles. The van der Waals surface area contributed by atoms with Gasteiger partial charge in [0.15, 0.2) is 5.96 Å². The van der Waals surface area contributed by atoms with E-state index in [1.807, 2.05) is 6.07 Å². The lowest BCUT2D eigenvalue weighted by Crippen LogP contribution is -2.56. The lowest BCUT2D eigenvalue weighted by atomic mass is 9.98. The van der Waals surface area contributed by atoms with Crippen molar-refractivity contribution >= 4 is 43.3 Å². The van der Waals surface area contributed by atoms with Gasteiger partial charge in [0.25, 0.3) is 0 Å². The highest BCUT2D eigenvalue weighted by Crippen LogP contribution is 2.36. The first-order valence-corrected chi connectivity index (χ1v) is 18.7. The molecule has 12 N–H and O–H groups in total. The van der Waals surface area contributed by atoms with Crippen LogP contribution in [0, 0.1) is 5.92 Å². The molecular formula is C35H49N8O9P. The number of carbonyl (C=O) groups excluding carboxylic acids is 5. The number of phosphoric ester groups is 1. The van der Waals surface area contributed by atoms with E-state index < -0.39 is 74.1 Å².